The number of hydrogen-bond donors (Lipinski definition) is 0. The van der Waals surface area contributed by atoms with Crippen LogP contribution in [0.15, 0.2) is 18.5 Å². The molecule has 2 rings (SSSR count). The van der Waals surface area contributed by atoms with E-state index in [1.54, 1.807) is 6.20 Å². The summed E-state index contributed by atoms with van der Waals surface area (Å²) in [7, 11) is 0. The van der Waals surface area contributed by atoms with Gasteiger partial charge in [-0.1, -0.05) is 0 Å². The number of aromatic nitrogens is 1. The number of carbonyl (C=O) groups is 1. The van der Waals surface area contributed by atoms with Gasteiger partial charge in [-0.3, -0.25) is 9.78 Å². The van der Waals surface area contributed by atoms with Gasteiger partial charge in [0.1, 0.15) is 0 Å². The van der Waals surface area contributed by atoms with Crippen LogP contribution >= 0.6 is 0 Å². The molecule has 1 atom stereocenters. The van der Waals surface area contributed by atoms with Crippen molar-refractivity contribution in [2.24, 2.45) is 0 Å². The predicted molar refractivity (Wildman–Crippen MR) is 51.9 cm³/mol. The minimum absolute atomic E-state index is 0.126. The Morgan fingerprint density at radius 1 is 1.71 bits per heavy atom. The van der Waals surface area contributed by atoms with Crippen molar-refractivity contribution in [3.8, 4) is 0 Å². The summed E-state index contributed by atoms with van der Waals surface area (Å²) in [5.74, 6) is -0.126. The second-order valence-corrected chi connectivity index (χ2v) is 3.76. The van der Waals surface area contributed by atoms with Crippen LogP contribution in [0, 0.1) is 0 Å². The van der Waals surface area contributed by atoms with Crippen molar-refractivity contribution in [1.82, 2.24) is 4.98 Å². The molecule has 14 heavy (non-hydrogen) atoms. The second kappa shape index (κ2) is 3.08. The van der Waals surface area contributed by atoms with E-state index in [9.17, 15) is 4.79 Å². The summed E-state index contributed by atoms with van der Waals surface area (Å²) in [5, 5.41) is 0. The van der Waals surface area contributed by atoms with Crippen molar-refractivity contribution in [1.29, 1.82) is 0 Å². The van der Waals surface area contributed by atoms with Gasteiger partial charge in [0, 0.05) is 12.4 Å². The van der Waals surface area contributed by atoms with Crippen LogP contribution in [0.2, 0.25) is 0 Å². The third kappa shape index (κ3) is 1.12. The molecule has 0 saturated carbocycles. The zero-order valence-corrected chi connectivity index (χ0v) is 8.41. The van der Waals surface area contributed by atoms with Gasteiger partial charge in [-0.15, -0.1) is 0 Å². The Kier molecular flexibility index (Phi) is 2.02. The molecule has 0 radical (unpaired) electrons. The van der Waals surface area contributed by atoms with Gasteiger partial charge in [-0.05, 0) is 37.5 Å². The highest BCUT2D eigenvalue weighted by Gasteiger charge is 2.46. The molecule has 74 valence electrons. The third-order valence-corrected chi connectivity index (χ3v) is 2.77. The molecule has 0 amide bonds. The van der Waals surface area contributed by atoms with Crippen molar-refractivity contribution in [2.45, 2.75) is 25.7 Å². The van der Waals surface area contributed by atoms with Crippen molar-refractivity contribution >= 4 is 5.97 Å². The fourth-order valence-corrected chi connectivity index (χ4v) is 1.95. The molecule has 1 aliphatic carbocycles. The molecule has 1 unspecified atom stereocenters. The lowest BCUT2D eigenvalue weighted by atomic mass is 9.66. The van der Waals surface area contributed by atoms with E-state index in [0.29, 0.717) is 6.61 Å². The number of nitrogens with zero attached hydrogens (tertiary/aromatic N) is 1. The molecule has 0 bridgehead atoms. The summed E-state index contributed by atoms with van der Waals surface area (Å²) < 4.78 is 5.05. The summed E-state index contributed by atoms with van der Waals surface area (Å²) >= 11 is 0. The summed E-state index contributed by atoms with van der Waals surface area (Å²) in [6.45, 7) is 4.19. The zero-order valence-electron chi connectivity index (χ0n) is 8.41. The van der Waals surface area contributed by atoms with E-state index in [0.717, 1.165) is 17.5 Å². The first-order valence-corrected chi connectivity index (χ1v) is 4.79. The molecule has 1 heterocycles. The first-order valence-electron chi connectivity index (χ1n) is 4.79. The van der Waals surface area contributed by atoms with Crippen LogP contribution in [-0.4, -0.2) is 17.6 Å². The fraction of sp³-hybridized carbons (Fsp3) is 0.455. The van der Waals surface area contributed by atoms with E-state index in [1.807, 2.05) is 26.1 Å². The molecule has 1 aromatic heterocycles. The predicted octanol–water partition coefficient (Wildman–Crippen LogP) is 1.46. The molecule has 0 fully saturated rings. The molecule has 0 N–H and O–H groups in total. The summed E-state index contributed by atoms with van der Waals surface area (Å²) in [6, 6.07) is 1.90. The Bertz CT molecular complexity index is 375. The Morgan fingerprint density at radius 3 is 3.14 bits per heavy atom. The minimum Gasteiger partial charge on any atom is -0.465 e. The van der Waals surface area contributed by atoms with Gasteiger partial charge in [-0.2, -0.15) is 0 Å². The van der Waals surface area contributed by atoms with Crippen molar-refractivity contribution < 1.29 is 9.53 Å². The monoisotopic (exact) mass is 191 g/mol. The minimum atomic E-state index is -0.436. The maximum absolute atomic E-state index is 11.7. The molecule has 0 aliphatic heterocycles. The Balaban J connectivity index is 2.27. The summed E-state index contributed by atoms with van der Waals surface area (Å²) in [6.07, 6.45) is 4.28. The van der Waals surface area contributed by atoms with Gasteiger partial charge in [0.2, 0.25) is 0 Å². The largest absolute Gasteiger partial charge is 0.465 e. The molecular weight excluding hydrogens is 178 g/mol. The maximum Gasteiger partial charge on any atom is 0.316 e. The highest BCUT2D eigenvalue weighted by Crippen LogP contribution is 2.41. The molecule has 1 aromatic rings. The SMILES string of the molecule is CCOC(=O)C1(C)Cc2cnccc21. The average molecular weight is 191 g/mol. The molecular formula is C11H13NO2. The molecule has 0 saturated heterocycles. The third-order valence-electron chi connectivity index (χ3n) is 2.77. The van der Waals surface area contributed by atoms with E-state index in [2.05, 4.69) is 4.98 Å². The zero-order chi connectivity index (χ0) is 10.2. The molecule has 3 nitrogen and oxygen atoms in total. The van der Waals surface area contributed by atoms with Crippen LogP contribution in [0.25, 0.3) is 0 Å². The molecule has 0 spiro atoms. The van der Waals surface area contributed by atoms with E-state index in [1.165, 1.54) is 0 Å². The van der Waals surface area contributed by atoms with Gasteiger partial charge in [0.05, 0.1) is 12.0 Å². The number of rotatable bonds is 2. The highest BCUT2D eigenvalue weighted by molar-refractivity contribution is 5.86. The topological polar surface area (TPSA) is 39.2 Å². The fourth-order valence-electron chi connectivity index (χ4n) is 1.95. The number of hydrogen-bond acceptors (Lipinski definition) is 3. The Hall–Kier alpha value is -1.38. The van der Waals surface area contributed by atoms with E-state index < -0.39 is 5.41 Å². The number of carbonyl (C=O) groups excluding carboxylic acids is 1. The van der Waals surface area contributed by atoms with Gasteiger partial charge >= 0.3 is 5.97 Å². The number of fused-ring (bicyclic) bond motifs is 1. The summed E-state index contributed by atoms with van der Waals surface area (Å²) in [4.78, 5) is 15.7. The lowest BCUT2D eigenvalue weighted by Crippen LogP contribution is -2.44. The highest BCUT2D eigenvalue weighted by atomic mass is 16.5. The van der Waals surface area contributed by atoms with Gasteiger partial charge in [0.25, 0.3) is 0 Å². The van der Waals surface area contributed by atoms with Crippen LogP contribution in [0.5, 0.6) is 0 Å². The van der Waals surface area contributed by atoms with Crippen LogP contribution in [0.4, 0.5) is 0 Å². The quantitative estimate of drug-likeness (QED) is 0.664. The standard InChI is InChI=1S/C11H13NO2/c1-3-14-10(13)11(2)6-8-7-12-5-4-9(8)11/h4-5,7H,3,6H2,1-2H3. The van der Waals surface area contributed by atoms with Crippen molar-refractivity contribution in [3.63, 3.8) is 0 Å². The van der Waals surface area contributed by atoms with Crippen LogP contribution in [0.3, 0.4) is 0 Å². The number of ether oxygens (including phenoxy) is 1. The molecule has 0 aromatic carbocycles. The number of pyridine rings is 1. The first kappa shape index (κ1) is 9.19. The normalized spacial score (nSPS) is 23.6. The lowest BCUT2D eigenvalue weighted by Gasteiger charge is -2.38. The first-order chi connectivity index (χ1) is 6.68. The van der Waals surface area contributed by atoms with Gasteiger partial charge in [-0.25, -0.2) is 0 Å². The van der Waals surface area contributed by atoms with Crippen molar-refractivity contribution in [2.75, 3.05) is 6.61 Å². The average Bonchev–Trinajstić information content (AvgIpc) is 2.16. The van der Waals surface area contributed by atoms with Crippen molar-refractivity contribution in [3.05, 3.63) is 29.6 Å². The Morgan fingerprint density at radius 2 is 2.50 bits per heavy atom. The summed E-state index contributed by atoms with van der Waals surface area (Å²) in [5.41, 5.74) is 1.78. The smallest absolute Gasteiger partial charge is 0.316 e. The Labute approximate surface area is 83.1 Å². The van der Waals surface area contributed by atoms with E-state index in [-0.39, 0.29) is 5.97 Å². The number of esters is 1. The van der Waals surface area contributed by atoms with Gasteiger partial charge < -0.3 is 4.74 Å². The van der Waals surface area contributed by atoms with Crippen LogP contribution in [-0.2, 0) is 21.4 Å². The van der Waals surface area contributed by atoms with E-state index in [4.69, 9.17) is 4.74 Å². The van der Waals surface area contributed by atoms with E-state index >= 15 is 0 Å². The van der Waals surface area contributed by atoms with Crippen LogP contribution in [0.1, 0.15) is 25.0 Å². The van der Waals surface area contributed by atoms with Gasteiger partial charge in [0.15, 0.2) is 0 Å². The van der Waals surface area contributed by atoms with Crippen LogP contribution < -0.4 is 0 Å². The second-order valence-electron chi connectivity index (χ2n) is 3.76. The molecule has 1 aliphatic rings. The molecule has 3 heteroatoms. The lowest BCUT2D eigenvalue weighted by molar-refractivity contribution is -0.150. The maximum atomic E-state index is 11.7.